The molecule has 2 aromatic carbocycles. The molecule has 41 heavy (non-hydrogen) atoms. The van der Waals surface area contributed by atoms with E-state index in [0.29, 0.717) is 19.3 Å². The third-order valence-electron chi connectivity index (χ3n) is 7.52. The molecule has 13 heteroatoms. The lowest BCUT2D eigenvalue weighted by Crippen LogP contribution is -2.52. The number of carboxylic acids is 2. The van der Waals surface area contributed by atoms with Crippen molar-refractivity contribution in [2.24, 2.45) is 5.92 Å². The van der Waals surface area contributed by atoms with Crippen molar-refractivity contribution in [3.05, 3.63) is 54.1 Å². The molecule has 0 radical (unpaired) electrons. The van der Waals surface area contributed by atoms with Gasteiger partial charge in [0.25, 0.3) is 0 Å². The molecule has 0 spiro atoms. The van der Waals surface area contributed by atoms with Crippen LogP contribution in [0.5, 0.6) is 5.75 Å². The summed E-state index contributed by atoms with van der Waals surface area (Å²) in [5, 5.41) is 18.9. The average molecular weight is 588 g/mol. The van der Waals surface area contributed by atoms with Crippen LogP contribution in [0.1, 0.15) is 38.2 Å². The van der Waals surface area contributed by atoms with Gasteiger partial charge in [-0.15, -0.1) is 0 Å². The van der Waals surface area contributed by atoms with E-state index < -0.39 is 52.0 Å². The van der Waals surface area contributed by atoms with E-state index in [1.165, 1.54) is 48.2 Å². The van der Waals surface area contributed by atoms with Crippen LogP contribution >= 0.6 is 0 Å². The van der Waals surface area contributed by atoms with Crippen molar-refractivity contribution in [1.82, 2.24) is 9.21 Å². The van der Waals surface area contributed by atoms with Crippen LogP contribution in [0.15, 0.2) is 53.4 Å². The van der Waals surface area contributed by atoms with Crippen molar-refractivity contribution < 1.29 is 42.5 Å². The van der Waals surface area contributed by atoms with E-state index in [1.54, 1.807) is 12.1 Å². The summed E-state index contributed by atoms with van der Waals surface area (Å²) < 4.78 is 33.4. The minimum atomic E-state index is -4.01. The van der Waals surface area contributed by atoms with Gasteiger partial charge in [-0.25, -0.2) is 18.0 Å². The monoisotopic (exact) mass is 587 g/mol. The highest BCUT2D eigenvalue weighted by Crippen LogP contribution is 2.31. The van der Waals surface area contributed by atoms with Crippen molar-refractivity contribution in [2.45, 2.75) is 56.5 Å². The summed E-state index contributed by atoms with van der Waals surface area (Å²) in [6.45, 7) is 3.79. The van der Waals surface area contributed by atoms with Crippen molar-refractivity contribution >= 4 is 39.6 Å². The van der Waals surface area contributed by atoms with Crippen LogP contribution in [-0.4, -0.2) is 83.5 Å². The number of aliphatic carboxylic acids is 2. The Morgan fingerprint density at radius 1 is 0.927 bits per heavy atom. The first kappa shape index (κ1) is 30.0. The first-order chi connectivity index (χ1) is 19.4. The first-order valence-electron chi connectivity index (χ1n) is 13.3. The molecule has 2 aliphatic heterocycles. The normalized spacial score (nSPS) is 19.0. The topological polar surface area (TPSA) is 162 Å². The number of amides is 2. The van der Waals surface area contributed by atoms with E-state index in [2.05, 4.69) is 0 Å². The summed E-state index contributed by atoms with van der Waals surface area (Å²) in [5.41, 5.74) is 1.09. The molecule has 2 heterocycles. The molecular formula is C28H33N3O9S. The molecule has 2 N–H and O–H groups in total. The molecular weight excluding hydrogens is 554 g/mol. The van der Waals surface area contributed by atoms with Gasteiger partial charge in [-0.05, 0) is 75.9 Å². The summed E-state index contributed by atoms with van der Waals surface area (Å²) in [7, 11) is -4.01. The second kappa shape index (κ2) is 12.3. The van der Waals surface area contributed by atoms with Crippen molar-refractivity contribution in [1.29, 1.82) is 0 Å². The molecule has 0 aliphatic carbocycles. The predicted molar refractivity (Wildman–Crippen MR) is 147 cm³/mol. The Balaban J connectivity index is 1.52. The molecule has 220 valence electrons. The lowest BCUT2D eigenvalue weighted by molar-refractivity contribution is -0.143. The zero-order chi connectivity index (χ0) is 29.9. The number of aryl methyl sites for hydroxylation is 1. The van der Waals surface area contributed by atoms with Crippen LogP contribution in [0.4, 0.5) is 10.5 Å². The molecule has 2 saturated heterocycles. The molecule has 2 atom stereocenters. The molecule has 0 unspecified atom stereocenters. The van der Waals surface area contributed by atoms with Crippen LogP contribution in [0, 0.1) is 12.8 Å². The van der Waals surface area contributed by atoms with E-state index >= 15 is 0 Å². The van der Waals surface area contributed by atoms with Gasteiger partial charge in [0.1, 0.15) is 17.8 Å². The summed E-state index contributed by atoms with van der Waals surface area (Å²) in [6, 6.07) is 9.62. The SMILES string of the molecule is Cc1ccc(S(=O)(=O)N2CCC[C@H]2C(=O)N(c2ccc(OC(=O)N3CCC(C(=O)O)CC3)cc2)[C@@H](C)C(=O)O)cc1. The number of likely N-dealkylation sites (tertiary alicyclic amines) is 1. The Bertz CT molecular complexity index is 1400. The second-order valence-corrected chi connectivity index (χ2v) is 12.2. The van der Waals surface area contributed by atoms with Gasteiger partial charge >= 0.3 is 18.0 Å². The lowest BCUT2D eigenvalue weighted by Gasteiger charge is -2.32. The number of hydrogen-bond acceptors (Lipinski definition) is 7. The first-order valence-corrected chi connectivity index (χ1v) is 14.8. The minimum absolute atomic E-state index is 0.0546. The van der Waals surface area contributed by atoms with Gasteiger partial charge in [0, 0.05) is 25.3 Å². The number of ether oxygens (including phenoxy) is 1. The maximum atomic E-state index is 13.8. The zero-order valence-electron chi connectivity index (χ0n) is 22.8. The molecule has 0 aromatic heterocycles. The van der Waals surface area contributed by atoms with Crippen molar-refractivity contribution in [2.75, 3.05) is 24.5 Å². The summed E-state index contributed by atoms with van der Waals surface area (Å²) in [6.07, 6.45) is 0.684. The fourth-order valence-electron chi connectivity index (χ4n) is 5.08. The van der Waals surface area contributed by atoms with Crippen LogP contribution in [0.25, 0.3) is 0 Å². The Morgan fingerprint density at radius 2 is 1.54 bits per heavy atom. The van der Waals surface area contributed by atoms with Crippen LogP contribution in [-0.2, 0) is 24.4 Å². The molecule has 12 nitrogen and oxygen atoms in total. The Morgan fingerprint density at radius 3 is 2.10 bits per heavy atom. The third-order valence-corrected chi connectivity index (χ3v) is 9.44. The number of carbonyl (C=O) groups is 4. The maximum absolute atomic E-state index is 13.8. The molecule has 2 aliphatic rings. The Labute approximate surface area is 238 Å². The minimum Gasteiger partial charge on any atom is -0.481 e. The molecule has 0 saturated carbocycles. The van der Waals surface area contributed by atoms with Crippen LogP contribution in [0.2, 0.25) is 0 Å². The number of nitrogens with zero attached hydrogens (tertiary/aromatic N) is 3. The molecule has 2 fully saturated rings. The smallest absolute Gasteiger partial charge is 0.415 e. The van der Waals surface area contributed by atoms with Gasteiger partial charge in [-0.1, -0.05) is 17.7 Å². The number of carboxylic acid groups (broad SMARTS) is 2. The summed E-state index contributed by atoms with van der Waals surface area (Å²) >= 11 is 0. The highest BCUT2D eigenvalue weighted by Gasteiger charge is 2.43. The van der Waals surface area contributed by atoms with Crippen molar-refractivity contribution in [3.8, 4) is 5.75 Å². The molecule has 4 rings (SSSR count). The van der Waals surface area contributed by atoms with Gasteiger partial charge in [-0.3, -0.25) is 14.5 Å². The van der Waals surface area contributed by atoms with E-state index in [9.17, 15) is 32.7 Å². The molecule has 0 bridgehead atoms. The standard InChI is InChI=1S/C28H33N3O9S/c1-18-5-11-23(12-6-18)41(38,39)30-15-3-4-24(30)25(32)31(19(2)26(33)34)21-7-9-22(10-8-21)40-28(37)29-16-13-20(14-17-29)27(35)36/h5-12,19-20,24H,3-4,13-17H2,1-2H3,(H,33,34)(H,35,36)/t19-,24-/m0/s1. The van der Waals surface area contributed by atoms with Gasteiger partial charge in [-0.2, -0.15) is 4.31 Å². The van der Waals surface area contributed by atoms with E-state index in [4.69, 9.17) is 9.84 Å². The average Bonchev–Trinajstić information content (AvgIpc) is 3.45. The fraction of sp³-hybridized carbons (Fsp3) is 0.429. The zero-order valence-corrected chi connectivity index (χ0v) is 23.6. The van der Waals surface area contributed by atoms with Gasteiger partial charge < -0.3 is 19.8 Å². The predicted octanol–water partition coefficient (Wildman–Crippen LogP) is 2.95. The summed E-state index contributed by atoms with van der Waals surface area (Å²) in [5.74, 6) is -3.18. The molecule has 2 amide bonds. The Kier molecular flexibility index (Phi) is 8.98. The highest BCUT2D eigenvalue weighted by molar-refractivity contribution is 7.89. The second-order valence-electron chi connectivity index (χ2n) is 10.3. The van der Waals surface area contributed by atoms with E-state index in [-0.39, 0.29) is 42.4 Å². The van der Waals surface area contributed by atoms with Crippen molar-refractivity contribution in [3.63, 3.8) is 0 Å². The molecule has 2 aromatic rings. The number of rotatable bonds is 8. The highest BCUT2D eigenvalue weighted by atomic mass is 32.2. The number of hydrogen-bond donors (Lipinski definition) is 2. The Hall–Kier alpha value is -3.97. The largest absolute Gasteiger partial charge is 0.481 e. The number of benzene rings is 2. The third kappa shape index (κ3) is 6.51. The van der Waals surface area contributed by atoms with E-state index in [0.717, 1.165) is 14.8 Å². The van der Waals surface area contributed by atoms with Crippen LogP contribution in [0.3, 0.4) is 0 Å². The van der Waals surface area contributed by atoms with Crippen LogP contribution < -0.4 is 9.64 Å². The number of anilines is 1. The van der Waals surface area contributed by atoms with Gasteiger partial charge in [0.15, 0.2) is 0 Å². The van der Waals surface area contributed by atoms with E-state index in [1.807, 2.05) is 6.92 Å². The maximum Gasteiger partial charge on any atom is 0.415 e. The number of sulfonamides is 1. The number of piperidine rings is 1. The summed E-state index contributed by atoms with van der Waals surface area (Å²) in [4.78, 5) is 52.0. The fourth-order valence-corrected chi connectivity index (χ4v) is 6.73. The lowest BCUT2D eigenvalue weighted by atomic mass is 9.97. The van der Waals surface area contributed by atoms with Gasteiger partial charge in [0.2, 0.25) is 15.9 Å². The van der Waals surface area contributed by atoms with Gasteiger partial charge in [0.05, 0.1) is 10.8 Å². The number of carbonyl (C=O) groups excluding carboxylic acids is 2. The quantitative estimate of drug-likeness (QED) is 0.473.